The number of aromatic nitrogens is 3. The number of anilines is 3. The highest BCUT2D eigenvalue weighted by Gasteiger charge is 2.11. The number of rotatable bonds is 20. The van der Waals surface area contributed by atoms with Gasteiger partial charge in [0.2, 0.25) is 17.8 Å². The Kier molecular flexibility index (Phi) is 13.2. The van der Waals surface area contributed by atoms with E-state index in [-0.39, 0.29) is 12.1 Å². The molecule has 0 bridgehead atoms. The molecule has 0 radical (unpaired) electrons. The largest absolute Gasteiger partial charge is 0.354 e. The second-order valence-electron chi connectivity index (χ2n) is 12.3. The molecule has 5 aromatic rings. The first kappa shape index (κ1) is 34.1. The van der Waals surface area contributed by atoms with E-state index in [1.165, 1.54) is 51.9 Å². The normalized spacial score (nSPS) is 12.7. The van der Waals surface area contributed by atoms with Crippen LogP contribution in [0.2, 0.25) is 0 Å². The van der Waals surface area contributed by atoms with E-state index in [1.54, 1.807) is 0 Å². The van der Waals surface area contributed by atoms with Crippen LogP contribution in [0.4, 0.5) is 17.8 Å². The molecular weight excluding hydrogens is 580 g/mol. The van der Waals surface area contributed by atoms with Crippen molar-refractivity contribution in [1.82, 2.24) is 25.6 Å². The van der Waals surface area contributed by atoms with E-state index in [0.717, 1.165) is 52.0 Å². The molecule has 0 aliphatic rings. The average Bonchev–Trinajstić information content (AvgIpc) is 3.10. The van der Waals surface area contributed by atoms with Crippen molar-refractivity contribution in [3.05, 3.63) is 96.1 Å². The summed E-state index contributed by atoms with van der Waals surface area (Å²) in [6, 6.07) is 30.8. The summed E-state index contributed by atoms with van der Waals surface area (Å²) in [5.74, 6) is 1.82. The Balaban J connectivity index is 1.09. The number of hydrogen-bond acceptors (Lipinski definition) is 8. The number of nitrogens with zero attached hydrogens (tertiary/aromatic N) is 3. The Labute approximate surface area is 280 Å². The van der Waals surface area contributed by atoms with Crippen molar-refractivity contribution >= 4 is 39.4 Å². The summed E-state index contributed by atoms with van der Waals surface area (Å²) in [4.78, 5) is 14.0. The highest BCUT2D eigenvalue weighted by Crippen LogP contribution is 2.25. The highest BCUT2D eigenvalue weighted by molar-refractivity contribution is 5.86. The van der Waals surface area contributed by atoms with Crippen LogP contribution in [-0.2, 0) is 0 Å². The minimum absolute atomic E-state index is 0.266. The second-order valence-corrected chi connectivity index (χ2v) is 12.3. The maximum Gasteiger partial charge on any atom is 0.229 e. The number of nitrogens with one attached hydrogen (secondary N) is 5. The van der Waals surface area contributed by atoms with Crippen LogP contribution >= 0.6 is 0 Å². The molecule has 8 heteroatoms. The molecule has 1 aromatic heterocycles. The predicted molar refractivity (Wildman–Crippen MR) is 199 cm³/mol. The molecule has 8 nitrogen and oxygen atoms in total. The fourth-order valence-corrected chi connectivity index (χ4v) is 6.06. The maximum absolute atomic E-state index is 4.69. The van der Waals surface area contributed by atoms with E-state index in [2.05, 4.69) is 142 Å². The predicted octanol–water partition coefficient (Wildman–Crippen LogP) is 8.48. The zero-order valence-corrected chi connectivity index (χ0v) is 28.4. The smallest absolute Gasteiger partial charge is 0.229 e. The van der Waals surface area contributed by atoms with E-state index in [1.807, 2.05) is 0 Å². The van der Waals surface area contributed by atoms with Crippen molar-refractivity contribution in [2.75, 3.05) is 48.7 Å². The van der Waals surface area contributed by atoms with Gasteiger partial charge in [0.15, 0.2) is 0 Å². The summed E-state index contributed by atoms with van der Waals surface area (Å²) in [7, 11) is 0. The lowest BCUT2D eigenvalue weighted by molar-refractivity contribution is 0.567. The maximum atomic E-state index is 4.69. The molecule has 5 N–H and O–H groups in total. The van der Waals surface area contributed by atoms with Crippen LogP contribution in [-0.4, -0.2) is 47.7 Å². The minimum atomic E-state index is 0.266. The summed E-state index contributed by atoms with van der Waals surface area (Å²) in [5, 5.41) is 22.8. The van der Waals surface area contributed by atoms with Gasteiger partial charge in [0, 0.05) is 31.7 Å². The van der Waals surface area contributed by atoms with Crippen molar-refractivity contribution in [3.63, 3.8) is 0 Å². The molecular formula is C39H52N8. The topological polar surface area (TPSA) is 98.8 Å². The molecule has 0 spiro atoms. The first-order valence-corrected chi connectivity index (χ1v) is 17.5. The molecule has 4 aromatic carbocycles. The van der Waals surface area contributed by atoms with Gasteiger partial charge in [-0.2, -0.15) is 15.0 Å². The summed E-state index contributed by atoms with van der Waals surface area (Å²) < 4.78 is 0. The van der Waals surface area contributed by atoms with Gasteiger partial charge in [-0.25, -0.2) is 0 Å². The number of hydrogen-bond donors (Lipinski definition) is 5. The fraction of sp³-hybridized carbons (Fsp3) is 0.410. The van der Waals surface area contributed by atoms with Gasteiger partial charge < -0.3 is 26.6 Å². The van der Waals surface area contributed by atoms with E-state index in [0.29, 0.717) is 17.8 Å². The SMILES string of the molecule is CCCCCCNc1nc(NCCCN[C@H](C)c2cccc3ccccc23)nc(NCCCN[C@H](C)c2cccc3ccccc23)n1. The summed E-state index contributed by atoms with van der Waals surface area (Å²) in [5.41, 5.74) is 2.66. The number of unbranched alkanes of at least 4 members (excludes halogenated alkanes) is 3. The molecule has 0 aliphatic carbocycles. The Morgan fingerprint density at radius 3 is 1.36 bits per heavy atom. The Bertz CT molecular complexity index is 1550. The molecule has 0 fully saturated rings. The molecule has 47 heavy (non-hydrogen) atoms. The Morgan fingerprint density at radius 1 is 0.468 bits per heavy atom. The molecule has 0 saturated heterocycles. The second kappa shape index (κ2) is 18.2. The van der Waals surface area contributed by atoms with Gasteiger partial charge in [0.1, 0.15) is 0 Å². The van der Waals surface area contributed by atoms with E-state index in [4.69, 9.17) is 4.98 Å². The van der Waals surface area contributed by atoms with E-state index >= 15 is 0 Å². The van der Waals surface area contributed by atoms with Crippen LogP contribution in [0, 0.1) is 0 Å². The number of benzene rings is 4. The third kappa shape index (κ3) is 10.1. The molecule has 2 atom stereocenters. The first-order valence-electron chi connectivity index (χ1n) is 17.5. The van der Waals surface area contributed by atoms with Crippen molar-refractivity contribution in [3.8, 4) is 0 Å². The molecule has 1 heterocycles. The molecule has 0 unspecified atom stereocenters. The lowest BCUT2D eigenvalue weighted by atomic mass is 10.00. The fourth-order valence-electron chi connectivity index (χ4n) is 6.06. The van der Waals surface area contributed by atoms with Gasteiger partial charge in [-0.05, 0) is 78.9 Å². The van der Waals surface area contributed by atoms with Crippen molar-refractivity contribution < 1.29 is 0 Å². The van der Waals surface area contributed by atoms with E-state index < -0.39 is 0 Å². The Hall–Kier alpha value is -4.27. The molecule has 0 amide bonds. The van der Waals surface area contributed by atoms with Crippen molar-refractivity contribution in [2.45, 2.75) is 71.4 Å². The molecule has 248 valence electrons. The summed E-state index contributed by atoms with van der Waals surface area (Å²) in [6.45, 7) is 10.9. The standard InChI is InChI=1S/C39H52N8/c1-4-5-6-11-24-42-37-45-38(43-27-14-25-40-29(2)33-22-12-18-31-16-7-9-20-35(31)33)47-39(46-37)44-28-15-26-41-30(3)34-23-13-19-32-17-8-10-21-36(32)34/h7-10,12-13,16-23,29-30,40-41H,4-6,11,14-15,24-28H2,1-3H3,(H3,42,43,44,45,46,47)/t29-,30-/m1/s1. The van der Waals surface area contributed by atoms with Gasteiger partial charge in [0.25, 0.3) is 0 Å². The molecule has 0 saturated carbocycles. The van der Waals surface area contributed by atoms with Crippen LogP contribution in [0.25, 0.3) is 21.5 Å². The molecule has 0 aliphatic heterocycles. The van der Waals surface area contributed by atoms with Crippen LogP contribution in [0.3, 0.4) is 0 Å². The number of fused-ring (bicyclic) bond motifs is 2. The average molecular weight is 633 g/mol. The van der Waals surface area contributed by atoms with Gasteiger partial charge in [-0.15, -0.1) is 0 Å². The van der Waals surface area contributed by atoms with Crippen LogP contribution < -0.4 is 26.6 Å². The zero-order chi connectivity index (χ0) is 32.7. The third-order valence-electron chi connectivity index (χ3n) is 8.70. The highest BCUT2D eigenvalue weighted by atomic mass is 15.3. The van der Waals surface area contributed by atoms with Gasteiger partial charge in [0.05, 0.1) is 0 Å². The zero-order valence-electron chi connectivity index (χ0n) is 28.4. The monoisotopic (exact) mass is 632 g/mol. The van der Waals surface area contributed by atoms with Crippen LogP contribution in [0.15, 0.2) is 84.9 Å². The van der Waals surface area contributed by atoms with Crippen molar-refractivity contribution in [1.29, 1.82) is 0 Å². The quantitative estimate of drug-likeness (QED) is 0.0545. The Morgan fingerprint density at radius 2 is 0.894 bits per heavy atom. The van der Waals surface area contributed by atoms with Crippen LogP contribution in [0.5, 0.6) is 0 Å². The first-order chi connectivity index (χ1) is 23.1. The van der Waals surface area contributed by atoms with Crippen molar-refractivity contribution in [2.24, 2.45) is 0 Å². The lowest BCUT2D eigenvalue weighted by Gasteiger charge is -2.17. The van der Waals surface area contributed by atoms with Gasteiger partial charge >= 0.3 is 0 Å². The third-order valence-corrected chi connectivity index (χ3v) is 8.70. The van der Waals surface area contributed by atoms with E-state index in [9.17, 15) is 0 Å². The van der Waals surface area contributed by atoms with Gasteiger partial charge in [-0.3, -0.25) is 0 Å². The lowest BCUT2D eigenvalue weighted by Crippen LogP contribution is -2.23. The van der Waals surface area contributed by atoms with Crippen LogP contribution in [0.1, 0.15) is 82.5 Å². The van der Waals surface area contributed by atoms with Gasteiger partial charge in [-0.1, -0.05) is 111 Å². The summed E-state index contributed by atoms with van der Waals surface area (Å²) in [6.07, 6.45) is 6.68. The molecule has 5 rings (SSSR count). The summed E-state index contributed by atoms with van der Waals surface area (Å²) >= 11 is 0. The minimum Gasteiger partial charge on any atom is -0.354 e.